The van der Waals surface area contributed by atoms with Crippen LogP contribution in [0, 0.1) is 0 Å². The molecular formula is C14H18N2O3S. The van der Waals surface area contributed by atoms with Gasteiger partial charge in [-0.2, -0.15) is 0 Å². The summed E-state index contributed by atoms with van der Waals surface area (Å²) >= 11 is 0. The fraction of sp³-hybridized carbons (Fsp3) is 0.286. The Morgan fingerprint density at radius 2 is 1.95 bits per heavy atom. The Labute approximate surface area is 119 Å². The van der Waals surface area contributed by atoms with Crippen molar-refractivity contribution in [3.63, 3.8) is 0 Å². The molecule has 1 heterocycles. The quantitative estimate of drug-likeness (QED) is 0.879. The lowest BCUT2D eigenvalue weighted by molar-refractivity contribution is 0.402. The second kappa shape index (κ2) is 6.11. The van der Waals surface area contributed by atoms with E-state index in [0.717, 1.165) is 5.69 Å². The third kappa shape index (κ3) is 3.20. The maximum atomic E-state index is 12.2. The number of aromatic nitrogens is 1. The van der Waals surface area contributed by atoms with Gasteiger partial charge in [-0.05, 0) is 24.3 Å². The summed E-state index contributed by atoms with van der Waals surface area (Å²) in [5, 5.41) is 0. The smallest absolute Gasteiger partial charge is 0.244 e. The van der Waals surface area contributed by atoms with Crippen LogP contribution in [-0.4, -0.2) is 26.6 Å². The van der Waals surface area contributed by atoms with Gasteiger partial charge in [0, 0.05) is 31.9 Å². The van der Waals surface area contributed by atoms with Crippen LogP contribution in [0.2, 0.25) is 0 Å². The average molecular weight is 294 g/mol. The topological polar surface area (TPSA) is 60.3 Å². The van der Waals surface area contributed by atoms with Crippen LogP contribution >= 0.6 is 0 Å². The molecule has 0 saturated carbocycles. The lowest BCUT2D eigenvalue weighted by Gasteiger charge is -2.10. The van der Waals surface area contributed by atoms with Crippen LogP contribution in [0.1, 0.15) is 5.69 Å². The average Bonchev–Trinajstić information content (AvgIpc) is 2.84. The van der Waals surface area contributed by atoms with Crippen molar-refractivity contribution in [2.24, 2.45) is 7.05 Å². The van der Waals surface area contributed by atoms with Gasteiger partial charge in [-0.1, -0.05) is 12.1 Å². The van der Waals surface area contributed by atoms with Gasteiger partial charge in [-0.15, -0.1) is 0 Å². The molecule has 0 aliphatic carbocycles. The van der Waals surface area contributed by atoms with E-state index in [9.17, 15) is 8.42 Å². The number of nitrogens with one attached hydrogen (secondary N) is 1. The molecule has 0 unspecified atom stereocenters. The molecule has 0 atom stereocenters. The maximum absolute atomic E-state index is 12.2. The van der Waals surface area contributed by atoms with Gasteiger partial charge >= 0.3 is 0 Å². The van der Waals surface area contributed by atoms with E-state index in [-0.39, 0.29) is 4.90 Å². The molecule has 0 bridgehead atoms. The first-order valence-electron chi connectivity index (χ1n) is 6.27. The van der Waals surface area contributed by atoms with Crippen LogP contribution in [0.5, 0.6) is 5.75 Å². The SMILES string of the molecule is COc1ccccc1S(=O)(=O)NCCc1cccn1C. The van der Waals surface area contributed by atoms with Crippen molar-refractivity contribution in [3.8, 4) is 5.75 Å². The molecule has 6 heteroatoms. The van der Waals surface area contributed by atoms with Crippen LogP contribution in [-0.2, 0) is 23.5 Å². The molecule has 0 aliphatic heterocycles. The molecule has 5 nitrogen and oxygen atoms in total. The second-order valence-corrected chi connectivity index (χ2v) is 6.14. The van der Waals surface area contributed by atoms with Gasteiger partial charge < -0.3 is 9.30 Å². The summed E-state index contributed by atoms with van der Waals surface area (Å²) in [5.41, 5.74) is 1.08. The van der Waals surface area contributed by atoms with Crippen LogP contribution in [0.4, 0.5) is 0 Å². The number of aryl methyl sites for hydroxylation is 1. The lowest BCUT2D eigenvalue weighted by Crippen LogP contribution is -2.26. The van der Waals surface area contributed by atoms with Gasteiger partial charge in [0.15, 0.2) is 0 Å². The first kappa shape index (κ1) is 14.6. The van der Waals surface area contributed by atoms with E-state index in [0.29, 0.717) is 18.7 Å². The van der Waals surface area contributed by atoms with Crippen LogP contribution in [0.15, 0.2) is 47.5 Å². The zero-order chi connectivity index (χ0) is 14.6. The van der Waals surface area contributed by atoms with E-state index in [4.69, 9.17) is 4.74 Å². The van der Waals surface area contributed by atoms with E-state index < -0.39 is 10.0 Å². The molecule has 1 N–H and O–H groups in total. The van der Waals surface area contributed by atoms with Crippen molar-refractivity contribution >= 4 is 10.0 Å². The van der Waals surface area contributed by atoms with E-state index >= 15 is 0 Å². The highest BCUT2D eigenvalue weighted by Gasteiger charge is 2.18. The summed E-state index contributed by atoms with van der Waals surface area (Å²) in [6.45, 7) is 0.345. The molecule has 0 spiro atoms. The molecular weight excluding hydrogens is 276 g/mol. The van der Waals surface area contributed by atoms with Crippen LogP contribution < -0.4 is 9.46 Å². The number of ether oxygens (including phenoxy) is 1. The van der Waals surface area contributed by atoms with Crippen LogP contribution in [0.25, 0.3) is 0 Å². The molecule has 2 aromatic rings. The van der Waals surface area contributed by atoms with Gasteiger partial charge in [0.1, 0.15) is 10.6 Å². The Bertz CT molecular complexity index is 677. The van der Waals surface area contributed by atoms with Crippen molar-refractivity contribution in [2.45, 2.75) is 11.3 Å². The van der Waals surface area contributed by atoms with Gasteiger partial charge in [0.05, 0.1) is 7.11 Å². The van der Waals surface area contributed by atoms with Gasteiger partial charge in [0.2, 0.25) is 10.0 Å². The van der Waals surface area contributed by atoms with Crippen molar-refractivity contribution in [1.82, 2.24) is 9.29 Å². The number of rotatable bonds is 6. The number of para-hydroxylation sites is 1. The first-order valence-corrected chi connectivity index (χ1v) is 7.76. The highest BCUT2D eigenvalue weighted by atomic mass is 32.2. The van der Waals surface area contributed by atoms with Gasteiger partial charge in [0.25, 0.3) is 0 Å². The summed E-state index contributed by atoms with van der Waals surface area (Å²) in [6, 6.07) is 10.5. The van der Waals surface area contributed by atoms with Gasteiger partial charge in [-0.3, -0.25) is 0 Å². The van der Waals surface area contributed by atoms with Crippen molar-refractivity contribution < 1.29 is 13.2 Å². The Kier molecular flexibility index (Phi) is 4.46. The summed E-state index contributed by atoms with van der Waals surface area (Å²) in [4.78, 5) is 0.161. The Morgan fingerprint density at radius 3 is 2.60 bits per heavy atom. The molecule has 0 fully saturated rings. The second-order valence-electron chi connectivity index (χ2n) is 4.41. The zero-order valence-corrected chi connectivity index (χ0v) is 12.4. The lowest BCUT2D eigenvalue weighted by atomic mass is 10.3. The highest BCUT2D eigenvalue weighted by molar-refractivity contribution is 7.89. The summed E-state index contributed by atoms with van der Waals surface area (Å²) in [7, 11) is -0.162. The summed E-state index contributed by atoms with van der Waals surface area (Å²) in [5.74, 6) is 0.346. The predicted octanol–water partition coefficient (Wildman–Crippen LogP) is 1.55. The largest absolute Gasteiger partial charge is 0.495 e. The number of sulfonamides is 1. The van der Waals surface area contributed by atoms with Gasteiger partial charge in [-0.25, -0.2) is 13.1 Å². The van der Waals surface area contributed by atoms with Crippen molar-refractivity contribution in [3.05, 3.63) is 48.3 Å². The van der Waals surface area contributed by atoms with E-state index in [2.05, 4.69) is 4.72 Å². The molecule has 0 radical (unpaired) electrons. The van der Waals surface area contributed by atoms with Crippen LogP contribution in [0.3, 0.4) is 0 Å². The first-order chi connectivity index (χ1) is 9.54. The Morgan fingerprint density at radius 1 is 1.20 bits per heavy atom. The minimum Gasteiger partial charge on any atom is -0.495 e. The number of hydrogen-bond acceptors (Lipinski definition) is 3. The minimum atomic E-state index is -3.55. The molecule has 0 amide bonds. The molecule has 20 heavy (non-hydrogen) atoms. The molecule has 108 valence electrons. The molecule has 0 saturated heterocycles. The van der Waals surface area contributed by atoms with E-state index in [1.807, 2.05) is 29.9 Å². The summed E-state index contributed by atoms with van der Waals surface area (Å²) < 4.78 is 34.1. The van der Waals surface area contributed by atoms with E-state index in [1.54, 1.807) is 18.2 Å². The molecule has 0 aliphatic rings. The zero-order valence-electron chi connectivity index (χ0n) is 11.5. The Balaban J connectivity index is 2.06. The fourth-order valence-electron chi connectivity index (χ4n) is 1.99. The number of hydrogen-bond donors (Lipinski definition) is 1. The predicted molar refractivity (Wildman–Crippen MR) is 77.3 cm³/mol. The standard InChI is InChI=1S/C14H18N2O3S/c1-16-11-5-6-12(16)9-10-15-20(17,18)14-8-4-3-7-13(14)19-2/h3-8,11,15H,9-10H2,1-2H3. The Hall–Kier alpha value is -1.79. The third-order valence-electron chi connectivity index (χ3n) is 3.08. The highest BCUT2D eigenvalue weighted by Crippen LogP contribution is 2.22. The number of nitrogens with zero attached hydrogens (tertiary/aromatic N) is 1. The number of methoxy groups -OCH3 is 1. The van der Waals surface area contributed by atoms with Crippen molar-refractivity contribution in [1.29, 1.82) is 0 Å². The monoisotopic (exact) mass is 294 g/mol. The van der Waals surface area contributed by atoms with E-state index in [1.165, 1.54) is 13.2 Å². The number of benzene rings is 1. The minimum absolute atomic E-state index is 0.161. The normalized spacial score (nSPS) is 11.5. The maximum Gasteiger partial charge on any atom is 0.244 e. The van der Waals surface area contributed by atoms with Crippen molar-refractivity contribution in [2.75, 3.05) is 13.7 Å². The third-order valence-corrected chi connectivity index (χ3v) is 4.58. The summed E-state index contributed by atoms with van der Waals surface area (Å²) in [6.07, 6.45) is 2.57. The molecule has 1 aromatic carbocycles. The fourth-order valence-corrected chi connectivity index (χ4v) is 3.19. The molecule has 2 rings (SSSR count). The molecule has 1 aromatic heterocycles.